The SMILES string of the molecule is Cc1ccc(C2=N/C(=C/c3cccc(F)c3)C(=O)N2)cc1. The summed E-state index contributed by atoms with van der Waals surface area (Å²) < 4.78 is 13.2. The number of amides is 1. The first-order valence-corrected chi connectivity index (χ1v) is 6.56. The first kappa shape index (κ1) is 13.2. The topological polar surface area (TPSA) is 41.5 Å². The van der Waals surface area contributed by atoms with Gasteiger partial charge < -0.3 is 5.32 Å². The quantitative estimate of drug-likeness (QED) is 0.844. The number of rotatable bonds is 2. The van der Waals surface area contributed by atoms with Crippen LogP contribution in [0.25, 0.3) is 6.08 Å². The fourth-order valence-electron chi connectivity index (χ4n) is 2.07. The summed E-state index contributed by atoms with van der Waals surface area (Å²) in [6.07, 6.45) is 1.57. The zero-order valence-electron chi connectivity index (χ0n) is 11.4. The summed E-state index contributed by atoms with van der Waals surface area (Å²) in [5.74, 6) is -0.108. The highest BCUT2D eigenvalue weighted by atomic mass is 19.1. The van der Waals surface area contributed by atoms with Crippen molar-refractivity contribution in [2.45, 2.75) is 6.92 Å². The molecule has 3 nitrogen and oxygen atoms in total. The predicted molar refractivity (Wildman–Crippen MR) is 80.2 cm³/mol. The molecule has 0 saturated carbocycles. The normalized spacial score (nSPS) is 16.0. The van der Waals surface area contributed by atoms with E-state index in [4.69, 9.17) is 0 Å². The van der Waals surface area contributed by atoms with Gasteiger partial charge in [0, 0.05) is 5.56 Å². The summed E-state index contributed by atoms with van der Waals surface area (Å²) in [5.41, 5.74) is 2.86. The van der Waals surface area contributed by atoms with Crippen molar-refractivity contribution >= 4 is 17.8 Å². The predicted octanol–water partition coefficient (Wildman–Crippen LogP) is 3.05. The molecule has 4 heteroatoms. The summed E-state index contributed by atoms with van der Waals surface area (Å²) in [4.78, 5) is 16.2. The summed E-state index contributed by atoms with van der Waals surface area (Å²) >= 11 is 0. The molecule has 0 bridgehead atoms. The van der Waals surface area contributed by atoms with Gasteiger partial charge in [0.1, 0.15) is 17.3 Å². The Morgan fingerprint density at radius 1 is 1.14 bits per heavy atom. The average Bonchev–Trinajstić information content (AvgIpc) is 2.81. The number of nitrogens with one attached hydrogen (secondary N) is 1. The largest absolute Gasteiger partial charge is 0.305 e. The maximum Gasteiger partial charge on any atom is 0.275 e. The molecule has 0 aliphatic carbocycles. The number of aliphatic imine (C=N–C) groups is 1. The van der Waals surface area contributed by atoms with E-state index in [1.54, 1.807) is 18.2 Å². The van der Waals surface area contributed by atoms with E-state index >= 15 is 0 Å². The van der Waals surface area contributed by atoms with Crippen LogP contribution in [0.3, 0.4) is 0 Å². The number of carbonyl (C=O) groups excluding carboxylic acids is 1. The van der Waals surface area contributed by atoms with Crippen molar-refractivity contribution in [2.75, 3.05) is 0 Å². The molecule has 0 aromatic heterocycles. The van der Waals surface area contributed by atoms with E-state index in [9.17, 15) is 9.18 Å². The molecule has 1 amide bonds. The van der Waals surface area contributed by atoms with Crippen LogP contribution in [-0.4, -0.2) is 11.7 Å². The highest BCUT2D eigenvalue weighted by Gasteiger charge is 2.20. The molecule has 3 rings (SSSR count). The lowest BCUT2D eigenvalue weighted by atomic mass is 10.1. The summed E-state index contributed by atoms with van der Waals surface area (Å²) in [5, 5.41) is 2.72. The fourth-order valence-corrected chi connectivity index (χ4v) is 2.07. The van der Waals surface area contributed by atoms with E-state index in [1.807, 2.05) is 31.2 Å². The Labute approximate surface area is 121 Å². The molecule has 1 aliphatic heterocycles. The van der Waals surface area contributed by atoms with Gasteiger partial charge in [-0.05, 0) is 30.7 Å². The molecule has 104 valence electrons. The third-order valence-electron chi connectivity index (χ3n) is 3.17. The second-order valence-corrected chi connectivity index (χ2v) is 4.87. The molecule has 21 heavy (non-hydrogen) atoms. The molecule has 0 atom stereocenters. The maximum absolute atomic E-state index is 13.2. The fraction of sp³-hybridized carbons (Fsp3) is 0.0588. The van der Waals surface area contributed by atoms with Crippen LogP contribution in [0.2, 0.25) is 0 Å². The van der Waals surface area contributed by atoms with Crippen molar-refractivity contribution in [1.82, 2.24) is 5.32 Å². The minimum Gasteiger partial charge on any atom is -0.305 e. The molecule has 0 unspecified atom stereocenters. The van der Waals surface area contributed by atoms with Gasteiger partial charge >= 0.3 is 0 Å². The van der Waals surface area contributed by atoms with Gasteiger partial charge in [0.15, 0.2) is 0 Å². The molecule has 1 aliphatic rings. The number of benzene rings is 2. The van der Waals surface area contributed by atoms with Gasteiger partial charge in [0.2, 0.25) is 0 Å². The van der Waals surface area contributed by atoms with Crippen LogP contribution in [0.4, 0.5) is 4.39 Å². The number of halogens is 1. The Hall–Kier alpha value is -2.75. The summed E-state index contributed by atoms with van der Waals surface area (Å²) in [6, 6.07) is 13.8. The van der Waals surface area contributed by atoms with E-state index in [0.29, 0.717) is 11.4 Å². The number of hydrogen-bond donors (Lipinski definition) is 1. The number of amidine groups is 1. The van der Waals surface area contributed by atoms with Crippen LogP contribution in [0.1, 0.15) is 16.7 Å². The Kier molecular flexibility index (Phi) is 3.36. The Morgan fingerprint density at radius 2 is 1.90 bits per heavy atom. The number of nitrogens with zero attached hydrogens (tertiary/aromatic N) is 1. The van der Waals surface area contributed by atoms with Crippen LogP contribution in [0.15, 0.2) is 59.2 Å². The molecule has 1 N–H and O–H groups in total. The molecular formula is C17H13FN2O. The standard InChI is InChI=1S/C17H13FN2O/c1-11-5-7-13(8-6-11)16-19-15(17(21)20-16)10-12-3-2-4-14(18)9-12/h2-10H,1H3,(H,19,20,21)/b15-10+. The Bertz CT molecular complexity index is 761. The lowest BCUT2D eigenvalue weighted by Gasteiger charge is -2.00. The van der Waals surface area contributed by atoms with Gasteiger partial charge in [0.25, 0.3) is 5.91 Å². The van der Waals surface area contributed by atoms with Crippen molar-refractivity contribution in [3.05, 3.63) is 76.7 Å². The smallest absolute Gasteiger partial charge is 0.275 e. The van der Waals surface area contributed by atoms with Crippen LogP contribution in [-0.2, 0) is 4.79 Å². The van der Waals surface area contributed by atoms with Crippen molar-refractivity contribution in [3.8, 4) is 0 Å². The zero-order valence-corrected chi connectivity index (χ0v) is 11.4. The second-order valence-electron chi connectivity index (χ2n) is 4.87. The molecular weight excluding hydrogens is 267 g/mol. The second kappa shape index (κ2) is 5.32. The van der Waals surface area contributed by atoms with Crippen molar-refractivity contribution in [1.29, 1.82) is 0 Å². The Balaban J connectivity index is 1.93. The van der Waals surface area contributed by atoms with Crippen LogP contribution >= 0.6 is 0 Å². The lowest BCUT2D eigenvalue weighted by Crippen LogP contribution is -2.24. The third kappa shape index (κ3) is 2.89. The van der Waals surface area contributed by atoms with E-state index in [-0.39, 0.29) is 17.4 Å². The number of hydrogen-bond acceptors (Lipinski definition) is 2. The number of aryl methyl sites for hydroxylation is 1. The van der Waals surface area contributed by atoms with Gasteiger partial charge in [-0.1, -0.05) is 42.0 Å². The summed E-state index contributed by atoms with van der Waals surface area (Å²) in [7, 11) is 0. The van der Waals surface area contributed by atoms with E-state index in [0.717, 1.165) is 11.1 Å². The average molecular weight is 280 g/mol. The molecule has 0 radical (unpaired) electrons. The molecule has 2 aromatic rings. The Morgan fingerprint density at radius 3 is 2.62 bits per heavy atom. The highest BCUT2D eigenvalue weighted by Crippen LogP contribution is 2.16. The molecule has 1 heterocycles. The summed E-state index contributed by atoms with van der Waals surface area (Å²) in [6.45, 7) is 1.99. The number of carbonyl (C=O) groups is 1. The van der Waals surface area contributed by atoms with E-state index < -0.39 is 0 Å². The van der Waals surface area contributed by atoms with Gasteiger partial charge in [-0.15, -0.1) is 0 Å². The van der Waals surface area contributed by atoms with E-state index in [2.05, 4.69) is 10.3 Å². The van der Waals surface area contributed by atoms with Gasteiger partial charge in [-0.25, -0.2) is 9.38 Å². The van der Waals surface area contributed by atoms with Gasteiger partial charge in [0.05, 0.1) is 0 Å². The highest BCUT2D eigenvalue weighted by molar-refractivity contribution is 6.19. The third-order valence-corrected chi connectivity index (χ3v) is 3.17. The van der Waals surface area contributed by atoms with E-state index in [1.165, 1.54) is 12.1 Å². The van der Waals surface area contributed by atoms with Gasteiger partial charge in [-0.3, -0.25) is 4.79 Å². The monoisotopic (exact) mass is 280 g/mol. The molecule has 0 fully saturated rings. The van der Waals surface area contributed by atoms with Crippen molar-refractivity contribution in [2.24, 2.45) is 4.99 Å². The zero-order chi connectivity index (χ0) is 14.8. The van der Waals surface area contributed by atoms with Crippen LogP contribution < -0.4 is 5.32 Å². The van der Waals surface area contributed by atoms with Crippen LogP contribution in [0.5, 0.6) is 0 Å². The maximum atomic E-state index is 13.2. The minimum atomic E-state index is -0.342. The van der Waals surface area contributed by atoms with Gasteiger partial charge in [-0.2, -0.15) is 0 Å². The molecule has 0 saturated heterocycles. The first-order chi connectivity index (χ1) is 10.1. The molecule has 2 aromatic carbocycles. The van der Waals surface area contributed by atoms with Crippen molar-refractivity contribution in [3.63, 3.8) is 0 Å². The lowest BCUT2D eigenvalue weighted by molar-refractivity contribution is -0.115. The minimum absolute atomic E-state index is 0.274. The van der Waals surface area contributed by atoms with Crippen LogP contribution in [0, 0.1) is 12.7 Å². The molecule has 0 spiro atoms. The first-order valence-electron chi connectivity index (χ1n) is 6.56. The van der Waals surface area contributed by atoms with Crippen molar-refractivity contribution < 1.29 is 9.18 Å².